The molecule has 0 aliphatic carbocycles. The summed E-state index contributed by atoms with van der Waals surface area (Å²) in [6, 6.07) is 78.2. The summed E-state index contributed by atoms with van der Waals surface area (Å²) in [6.45, 7) is 0. The lowest BCUT2D eigenvalue weighted by Gasteiger charge is -2.30. The SMILES string of the molecule is Brc1cc(N(c2ccccc2)c2ccccc2)cc(N(c2ccccc2)c2ccc3c(c2)c2ccc4ccccc4c2n3-c2ccc(-c3ccccc3)cc2)c1. The molecule has 9 aromatic carbocycles. The van der Waals surface area contributed by atoms with E-state index in [4.69, 9.17) is 0 Å². The van der Waals surface area contributed by atoms with E-state index in [0.717, 1.165) is 49.8 Å². The molecule has 10 rings (SSSR count). The second kappa shape index (κ2) is 14.4. The van der Waals surface area contributed by atoms with Gasteiger partial charge in [-0.05, 0) is 101 Å². The predicted molar refractivity (Wildman–Crippen MR) is 241 cm³/mol. The van der Waals surface area contributed by atoms with E-state index in [1.807, 2.05) is 0 Å². The van der Waals surface area contributed by atoms with Gasteiger partial charge in [-0.25, -0.2) is 0 Å². The second-order valence-corrected chi connectivity index (χ2v) is 14.9. The van der Waals surface area contributed by atoms with Gasteiger partial charge >= 0.3 is 0 Å². The third-order valence-electron chi connectivity index (χ3n) is 10.6. The van der Waals surface area contributed by atoms with Gasteiger partial charge in [-0.3, -0.25) is 0 Å². The quantitative estimate of drug-likeness (QED) is 0.152. The fourth-order valence-corrected chi connectivity index (χ4v) is 8.52. The Morgan fingerprint density at radius 1 is 0.339 bits per heavy atom. The fourth-order valence-electron chi connectivity index (χ4n) is 8.05. The van der Waals surface area contributed by atoms with E-state index in [1.54, 1.807) is 0 Å². The van der Waals surface area contributed by atoms with Crippen molar-refractivity contribution < 1.29 is 0 Å². The summed E-state index contributed by atoms with van der Waals surface area (Å²) in [5, 5.41) is 4.86. The number of anilines is 6. The van der Waals surface area contributed by atoms with Crippen molar-refractivity contribution >= 4 is 82.6 Å². The molecule has 1 heterocycles. The van der Waals surface area contributed by atoms with Crippen LogP contribution in [0.2, 0.25) is 0 Å². The molecule has 0 saturated heterocycles. The van der Waals surface area contributed by atoms with Gasteiger partial charge in [-0.1, -0.05) is 149 Å². The number of halogens is 1. The topological polar surface area (TPSA) is 11.4 Å². The van der Waals surface area contributed by atoms with E-state index >= 15 is 0 Å². The minimum Gasteiger partial charge on any atom is -0.310 e. The van der Waals surface area contributed by atoms with Crippen molar-refractivity contribution in [1.82, 2.24) is 4.57 Å². The third-order valence-corrected chi connectivity index (χ3v) is 11.0. The van der Waals surface area contributed by atoms with Crippen LogP contribution in [0.25, 0.3) is 49.4 Å². The fraction of sp³-hybridized carbons (Fsp3) is 0. The zero-order valence-corrected chi connectivity index (χ0v) is 32.1. The molecule has 10 aromatic rings. The van der Waals surface area contributed by atoms with E-state index in [0.29, 0.717) is 0 Å². The van der Waals surface area contributed by atoms with Gasteiger partial charge in [0.2, 0.25) is 0 Å². The van der Waals surface area contributed by atoms with Crippen molar-refractivity contribution in [2.45, 2.75) is 0 Å². The van der Waals surface area contributed by atoms with E-state index in [9.17, 15) is 0 Å². The van der Waals surface area contributed by atoms with Crippen molar-refractivity contribution in [3.63, 3.8) is 0 Å². The Morgan fingerprint density at radius 3 is 1.46 bits per heavy atom. The molecule has 0 unspecified atom stereocenters. The number of aromatic nitrogens is 1. The first kappa shape index (κ1) is 33.7. The number of para-hydroxylation sites is 3. The van der Waals surface area contributed by atoms with Crippen LogP contribution in [0.3, 0.4) is 0 Å². The molecule has 0 bridgehead atoms. The lowest BCUT2D eigenvalue weighted by Crippen LogP contribution is -2.13. The molecule has 1 aromatic heterocycles. The van der Waals surface area contributed by atoms with Crippen molar-refractivity contribution in [3.05, 3.63) is 223 Å². The number of benzene rings is 9. The van der Waals surface area contributed by atoms with Crippen LogP contribution in [0.4, 0.5) is 34.1 Å². The summed E-state index contributed by atoms with van der Waals surface area (Å²) >= 11 is 3.93. The highest BCUT2D eigenvalue weighted by Crippen LogP contribution is 2.44. The first-order valence-corrected chi connectivity index (χ1v) is 19.7. The van der Waals surface area contributed by atoms with Gasteiger partial charge in [0, 0.05) is 60.4 Å². The summed E-state index contributed by atoms with van der Waals surface area (Å²) in [7, 11) is 0. The summed E-state index contributed by atoms with van der Waals surface area (Å²) in [6.07, 6.45) is 0. The van der Waals surface area contributed by atoms with Crippen molar-refractivity contribution in [2.24, 2.45) is 0 Å². The normalized spacial score (nSPS) is 11.3. The maximum Gasteiger partial charge on any atom is 0.0619 e. The Labute approximate surface area is 335 Å². The zero-order chi connectivity index (χ0) is 37.4. The van der Waals surface area contributed by atoms with Gasteiger partial charge in [0.15, 0.2) is 0 Å². The second-order valence-electron chi connectivity index (χ2n) is 14.0. The molecule has 0 radical (unpaired) electrons. The molecule has 0 N–H and O–H groups in total. The average molecular weight is 783 g/mol. The Hall–Kier alpha value is -6.88. The smallest absolute Gasteiger partial charge is 0.0619 e. The van der Waals surface area contributed by atoms with Crippen molar-refractivity contribution in [3.8, 4) is 16.8 Å². The van der Waals surface area contributed by atoms with Crippen LogP contribution in [-0.2, 0) is 0 Å². The minimum atomic E-state index is 0.992. The Morgan fingerprint density at radius 2 is 0.857 bits per heavy atom. The summed E-state index contributed by atoms with van der Waals surface area (Å²) in [5.74, 6) is 0. The van der Waals surface area contributed by atoms with Crippen molar-refractivity contribution in [2.75, 3.05) is 9.80 Å². The maximum atomic E-state index is 3.93. The molecule has 4 heteroatoms. The number of hydrogen-bond donors (Lipinski definition) is 0. The first-order chi connectivity index (χ1) is 27.7. The van der Waals surface area contributed by atoms with E-state index in [-0.39, 0.29) is 0 Å². The molecule has 0 amide bonds. The van der Waals surface area contributed by atoms with E-state index < -0.39 is 0 Å². The Kier molecular flexibility index (Phi) is 8.66. The summed E-state index contributed by atoms with van der Waals surface area (Å²) in [4.78, 5) is 4.67. The Bertz CT molecular complexity index is 2920. The number of fused-ring (bicyclic) bond motifs is 5. The highest BCUT2D eigenvalue weighted by molar-refractivity contribution is 9.10. The van der Waals surface area contributed by atoms with Gasteiger partial charge in [-0.15, -0.1) is 0 Å². The molecule has 0 atom stereocenters. The van der Waals surface area contributed by atoms with Gasteiger partial charge in [0.25, 0.3) is 0 Å². The van der Waals surface area contributed by atoms with Crippen LogP contribution in [0.15, 0.2) is 223 Å². The van der Waals surface area contributed by atoms with Gasteiger partial charge < -0.3 is 14.4 Å². The summed E-state index contributed by atoms with van der Waals surface area (Å²) < 4.78 is 3.43. The lowest BCUT2D eigenvalue weighted by atomic mass is 10.0. The van der Waals surface area contributed by atoms with Crippen LogP contribution in [0.1, 0.15) is 0 Å². The molecule has 56 heavy (non-hydrogen) atoms. The molecule has 0 fully saturated rings. The zero-order valence-electron chi connectivity index (χ0n) is 30.5. The molecule has 0 spiro atoms. The van der Waals surface area contributed by atoms with Gasteiger partial charge in [0.05, 0.1) is 11.0 Å². The summed E-state index contributed by atoms with van der Waals surface area (Å²) in [5.41, 5.74) is 12.3. The molecule has 0 aliphatic rings. The van der Waals surface area contributed by atoms with Crippen LogP contribution in [-0.4, -0.2) is 4.57 Å². The molecular formula is C52H36BrN3. The number of rotatable bonds is 8. The Balaban J connectivity index is 1.18. The monoisotopic (exact) mass is 781 g/mol. The first-order valence-electron chi connectivity index (χ1n) is 18.9. The van der Waals surface area contributed by atoms with Crippen LogP contribution in [0, 0.1) is 0 Å². The highest BCUT2D eigenvalue weighted by atomic mass is 79.9. The molecule has 266 valence electrons. The van der Waals surface area contributed by atoms with Crippen LogP contribution in [0.5, 0.6) is 0 Å². The minimum absolute atomic E-state index is 0.992. The molecular weight excluding hydrogens is 746 g/mol. The number of hydrogen-bond acceptors (Lipinski definition) is 2. The third kappa shape index (κ3) is 6.11. The van der Waals surface area contributed by atoms with Crippen LogP contribution < -0.4 is 9.80 Å². The highest BCUT2D eigenvalue weighted by Gasteiger charge is 2.21. The molecule has 3 nitrogen and oxygen atoms in total. The van der Waals surface area contributed by atoms with Crippen molar-refractivity contribution in [1.29, 1.82) is 0 Å². The van der Waals surface area contributed by atoms with E-state index in [2.05, 4.69) is 249 Å². The standard InChI is InChI=1S/C52H36BrN3/c53-40-33-46(54(41-18-7-2-8-19-41)42-20-9-3-10-21-42)35-47(34-40)55(43-22-11-4-12-23-43)45-30-32-51-50(36-45)49-31-27-39-17-13-14-24-48(39)52(49)56(51)44-28-25-38(26-29-44)37-15-5-1-6-16-37/h1-36H. The van der Waals surface area contributed by atoms with Gasteiger partial charge in [0.1, 0.15) is 0 Å². The maximum absolute atomic E-state index is 3.93. The number of nitrogens with zero attached hydrogens (tertiary/aromatic N) is 3. The lowest BCUT2D eigenvalue weighted by molar-refractivity contribution is 1.18. The molecule has 0 aliphatic heterocycles. The largest absolute Gasteiger partial charge is 0.310 e. The average Bonchev–Trinajstić information content (AvgIpc) is 3.59. The predicted octanol–water partition coefficient (Wildman–Crippen LogP) is 15.3. The van der Waals surface area contributed by atoms with E-state index in [1.165, 1.54) is 38.2 Å². The molecule has 0 saturated carbocycles. The van der Waals surface area contributed by atoms with Gasteiger partial charge in [-0.2, -0.15) is 0 Å². The van der Waals surface area contributed by atoms with Crippen LogP contribution >= 0.6 is 15.9 Å².